The van der Waals surface area contributed by atoms with E-state index in [-0.39, 0.29) is 12.5 Å². The van der Waals surface area contributed by atoms with Gasteiger partial charge in [0.05, 0.1) is 0 Å². The summed E-state index contributed by atoms with van der Waals surface area (Å²) in [6.07, 6.45) is -2.13. The molecule has 94 valence electrons. The first-order valence-corrected chi connectivity index (χ1v) is 5.67. The van der Waals surface area contributed by atoms with Gasteiger partial charge in [0.25, 0.3) is 0 Å². The Labute approximate surface area is 105 Å². The Balaban J connectivity index is 2.77. The van der Waals surface area contributed by atoms with E-state index in [0.717, 1.165) is 5.56 Å². The highest BCUT2D eigenvalue weighted by Gasteiger charge is 2.20. The molecule has 3 N–H and O–H groups in total. The second-order valence-corrected chi connectivity index (χ2v) is 4.31. The molecule has 0 aliphatic rings. The molecule has 0 fully saturated rings. The molecule has 0 aliphatic heterocycles. The zero-order chi connectivity index (χ0) is 13.0. The molecule has 0 bridgehead atoms. The van der Waals surface area contributed by atoms with Crippen LogP contribution in [-0.4, -0.2) is 28.8 Å². The molecule has 0 saturated heterocycles. The highest BCUT2D eigenvalue weighted by molar-refractivity contribution is 6.31. The molecule has 0 radical (unpaired) electrons. The second-order valence-electron chi connectivity index (χ2n) is 3.90. The van der Waals surface area contributed by atoms with Crippen LogP contribution in [0.4, 0.5) is 0 Å². The predicted octanol–water partition coefficient (Wildman–Crippen LogP) is 1.18. The molecule has 0 aliphatic carbocycles. The van der Waals surface area contributed by atoms with Crippen molar-refractivity contribution in [2.75, 3.05) is 6.54 Å². The van der Waals surface area contributed by atoms with Crippen LogP contribution in [0.5, 0.6) is 0 Å². The molecule has 5 heteroatoms. The van der Waals surface area contributed by atoms with Gasteiger partial charge >= 0.3 is 0 Å². The van der Waals surface area contributed by atoms with Crippen molar-refractivity contribution < 1.29 is 15.0 Å². The SMILES string of the molecule is CC(=O)NCC(O)C(O)c1cccc(Cl)c1C. The summed E-state index contributed by atoms with van der Waals surface area (Å²) in [6, 6.07) is 5.12. The van der Waals surface area contributed by atoms with Gasteiger partial charge in [0.15, 0.2) is 0 Å². The van der Waals surface area contributed by atoms with Crippen LogP contribution >= 0.6 is 11.6 Å². The van der Waals surface area contributed by atoms with Crippen LogP contribution in [-0.2, 0) is 4.79 Å². The maximum atomic E-state index is 10.7. The number of aliphatic hydroxyl groups is 2. The lowest BCUT2D eigenvalue weighted by molar-refractivity contribution is -0.119. The average Bonchev–Trinajstić information content (AvgIpc) is 2.28. The Kier molecular flexibility index (Phi) is 4.93. The Morgan fingerprint density at radius 1 is 1.47 bits per heavy atom. The molecule has 0 heterocycles. The van der Waals surface area contributed by atoms with Gasteiger partial charge in [0.1, 0.15) is 12.2 Å². The summed E-state index contributed by atoms with van der Waals surface area (Å²) in [5.41, 5.74) is 1.29. The Hall–Kier alpha value is -1.10. The first kappa shape index (κ1) is 14.0. The van der Waals surface area contributed by atoms with E-state index in [1.54, 1.807) is 25.1 Å². The molecule has 2 unspecified atom stereocenters. The summed E-state index contributed by atoms with van der Waals surface area (Å²) >= 11 is 5.93. The number of aliphatic hydroxyl groups excluding tert-OH is 2. The van der Waals surface area contributed by atoms with E-state index in [9.17, 15) is 15.0 Å². The third-order valence-corrected chi connectivity index (χ3v) is 2.96. The fraction of sp³-hybridized carbons (Fsp3) is 0.417. The van der Waals surface area contributed by atoms with Gasteiger partial charge in [0.2, 0.25) is 5.91 Å². The van der Waals surface area contributed by atoms with Crippen LogP contribution in [0.3, 0.4) is 0 Å². The molecule has 0 saturated carbocycles. The minimum absolute atomic E-state index is 0.00243. The monoisotopic (exact) mass is 257 g/mol. The molecule has 1 rings (SSSR count). The molecule has 1 amide bonds. The van der Waals surface area contributed by atoms with E-state index < -0.39 is 12.2 Å². The van der Waals surface area contributed by atoms with E-state index in [2.05, 4.69) is 5.32 Å². The number of hydrogen-bond acceptors (Lipinski definition) is 3. The Morgan fingerprint density at radius 3 is 2.71 bits per heavy atom. The summed E-state index contributed by atoms with van der Waals surface area (Å²) in [5.74, 6) is -0.251. The Bertz CT molecular complexity index is 409. The van der Waals surface area contributed by atoms with Gasteiger partial charge in [-0.05, 0) is 24.1 Å². The topological polar surface area (TPSA) is 69.6 Å². The van der Waals surface area contributed by atoms with Crippen LogP contribution in [0.15, 0.2) is 18.2 Å². The number of nitrogens with one attached hydrogen (secondary N) is 1. The zero-order valence-corrected chi connectivity index (χ0v) is 10.5. The van der Waals surface area contributed by atoms with Crippen LogP contribution in [0, 0.1) is 6.92 Å². The summed E-state index contributed by atoms with van der Waals surface area (Å²) in [4.78, 5) is 10.7. The van der Waals surface area contributed by atoms with Crippen LogP contribution in [0.25, 0.3) is 0 Å². The first-order chi connectivity index (χ1) is 7.93. The molecule has 17 heavy (non-hydrogen) atoms. The van der Waals surface area contributed by atoms with E-state index in [4.69, 9.17) is 11.6 Å². The fourth-order valence-electron chi connectivity index (χ4n) is 1.51. The standard InChI is InChI=1S/C12H16ClNO3/c1-7-9(4-3-5-10(7)13)12(17)11(16)6-14-8(2)15/h3-5,11-12,16-17H,6H2,1-2H3,(H,14,15). The largest absolute Gasteiger partial charge is 0.388 e. The summed E-state index contributed by atoms with van der Waals surface area (Å²) < 4.78 is 0. The number of benzene rings is 1. The van der Waals surface area contributed by atoms with E-state index in [0.29, 0.717) is 10.6 Å². The molecule has 2 atom stereocenters. The van der Waals surface area contributed by atoms with E-state index in [1.807, 2.05) is 0 Å². The average molecular weight is 258 g/mol. The minimum atomic E-state index is -1.07. The van der Waals surface area contributed by atoms with Gasteiger partial charge in [-0.2, -0.15) is 0 Å². The smallest absolute Gasteiger partial charge is 0.216 e. The summed E-state index contributed by atoms with van der Waals surface area (Å²) in [5, 5.41) is 22.7. The van der Waals surface area contributed by atoms with Gasteiger partial charge in [-0.3, -0.25) is 4.79 Å². The van der Waals surface area contributed by atoms with Crippen molar-refractivity contribution in [1.82, 2.24) is 5.32 Å². The molecule has 4 nitrogen and oxygen atoms in total. The third-order valence-electron chi connectivity index (χ3n) is 2.55. The maximum absolute atomic E-state index is 10.7. The molecular weight excluding hydrogens is 242 g/mol. The Morgan fingerprint density at radius 2 is 2.12 bits per heavy atom. The van der Waals surface area contributed by atoms with Gasteiger partial charge in [-0.15, -0.1) is 0 Å². The highest BCUT2D eigenvalue weighted by Crippen LogP contribution is 2.25. The lowest BCUT2D eigenvalue weighted by atomic mass is 9.99. The number of rotatable bonds is 4. The fourth-order valence-corrected chi connectivity index (χ4v) is 1.69. The molecule has 0 aromatic heterocycles. The van der Waals surface area contributed by atoms with Crippen LogP contribution < -0.4 is 5.32 Å². The number of halogens is 1. The van der Waals surface area contributed by atoms with Crippen molar-refractivity contribution in [2.24, 2.45) is 0 Å². The van der Waals surface area contributed by atoms with Crippen molar-refractivity contribution in [3.8, 4) is 0 Å². The summed E-state index contributed by atoms with van der Waals surface area (Å²) in [6.45, 7) is 3.12. The maximum Gasteiger partial charge on any atom is 0.216 e. The van der Waals surface area contributed by atoms with Gasteiger partial charge in [0, 0.05) is 18.5 Å². The van der Waals surface area contributed by atoms with Gasteiger partial charge < -0.3 is 15.5 Å². The number of hydrogen-bond donors (Lipinski definition) is 3. The van der Waals surface area contributed by atoms with Crippen LogP contribution in [0.1, 0.15) is 24.2 Å². The second kappa shape index (κ2) is 6.00. The van der Waals surface area contributed by atoms with Crippen molar-refractivity contribution in [1.29, 1.82) is 0 Å². The molecule has 1 aromatic carbocycles. The van der Waals surface area contributed by atoms with Crippen LogP contribution in [0.2, 0.25) is 5.02 Å². The normalized spacial score (nSPS) is 14.2. The minimum Gasteiger partial charge on any atom is -0.388 e. The number of amides is 1. The number of carbonyl (C=O) groups excluding carboxylic acids is 1. The van der Waals surface area contributed by atoms with Crippen molar-refractivity contribution >= 4 is 17.5 Å². The zero-order valence-electron chi connectivity index (χ0n) is 9.77. The third kappa shape index (κ3) is 3.70. The van der Waals surface area contributed by atoms with Crippen molar-refractivity contribution in [3.05, 3.63) is 34.3 Å². The lowest BCUT2D eigenvalue weighted by Gasteiger charge is -2.20. The summed E-state index contributed by atoms with van der Waals surface area (Å²) in [7, 11) is 0. The molecule has 1 aromatic rings. The first-order valence-electron chi connectivity index (χ1n) is 5.29. The quantitative estimate of drug-likeness (QED) is 0.759. The van der Waals surface area contributed by atoms with E-state index >= 15 is 0 Å². The van der Waals surface area contributed by atoms with Gasteiger partial charge in [-0.1, -0.05) is 23.7 Å². The predicted molar refractivity (Wildman–Crippen MR) is 65.8 cm³/mol. The lowest BCUT2D eigenvalue weighted by Crippen LogP contribution is -2.34. The molecule has 0 spiro atoms. The molecular formula is C12H16ClNO3. The van der Waals surface area contributed by atoms with Crippen molar-refractivity contribution in [3.63, 3.8) is 0 Å². The number of carbonyl (C=O) groups is 1. The van der Waals surface area contributed by atoms with Gasteiger partial charge in [-0.25, -0.2) is 0 Å². The van der Waals surface area contributed by atoms with Crippen molar-refractivity contribution in [2.45, 2.75) is 26.1 Å². The highest BCUT2D eigenvalue weighted by atomic mass is 35.5. The van der Waals surface area contributed by atoms with E-state index in [1.165, 1.54) is 6.92 Å².